The van der Waals surface area contributed by atoms with Gasteiger partial charge in [-0.3, -0.25) is 4.79 Å². The molecule has 1 amide bonds. The van der Waals surface area contributed by atoms with Gasteiger partial charge in [-0.25, -0.2) is 4.39 Å². The zero-order valence-corrected chi connectivity index (χ0v) is 12.6. The summed E-state index contributed by atoms with van der Waals surface area (Å²) in [5, 5.41) is 6.39. The van der Waals surface area contributed by atoms with Crippen molar-refractivity contribution in [2.24, 2.45) is 0 Å². The number of carbonyl (C=O) groups excluding carboxylic acids is 1. The molecule has 0 saturated carbocycles. The van der Waals surface area contributed by atoms with Crippen molar-refractivity contribution in [3.05, 3.63) is 40.9 Å². The van der Waals surface area contributed by atoms with E-state index in [2.05, 4.69) is 10.5 Å². The van der Waals surface area contributed by atoms with Crippen molar-refractivity contribution >= 4 is 17.4 Å². The summed E-state index contributed by atoms with van der Waals surface area (Å²) in [5.41, 5.74) is 2.61. The number of carbonyl (C=O) groups is 1. The van der Waals surface area contributed by atoms with E-state index in [0.717, 1.165) is 24.0 Å². The van der Waals surface area contributed by atoms with Crippen molar-refractivity contribution < 1.29 is 13.7 Å². The maximum Gasteiger partial charge on any atom is 0.245 e. The Bertz CT molecular complexity index is 711. The normalized spacial score (nSPS) is 13.9. The molecule has 0 aliphatic carbocycles. The highest BCUT2D eigenvalue weighted by molar-refractivity contribution is 5.93. The molecule has 0 atom stereocenters. The van der Waals surface area contributed by atoms with Crippen LogP contribution in [0, 0.1) is 19.7 Å². The van der Waals surface area contributed by atoms with Crippen LogP contribution in [0.25, 0.3) is 0 Å². The molecular weight excluding hydrogens is 285 g/mol. The Hall–Kier alpha value is -2.37. The number of nitrogens with zero attached hydrogens (tertiary/aromatic N) is 2. The first-order valence-corrected chi connectivity index (χ1v) is 7.30. The van der Waals surface area contributed by atoms with E-state index < -0.39 is 0 Å². The van der Waals surface area contributed by atoms with Crippen LogP contribution in [-0.2, 0) is 11.2 Å². The fraction of sp³-hybridized carbons (Fsp3) is 0.375. The number of anilines is 2. The molecule has 1 aliphatic heterocycles. The zero-order valence-electron chi connectivity index (χ0n) is 12.6. The molecule has 22 heavy (non-hydrogen) atoms. The van der Waals surface area contributed by atoms with Gasteiger partial charge in [-0.2, -0.15) is 0 Å². The number of halogens is 1. The lowest BCUT2D eigenvalue weighted by atomic mass is 9.96. The highest BCUT2D eigenvalue weighted by Gasteiger charge is 2.24. The maximum atomic E-state index is 14.2. The highest BCUT2D eigenvalue weighted by Crippen LogP contribution is 2.32. The van der Waals surface area contributed by atoms with Gasteiger partial charge >= 0.3 is 0 Å². The van der Waals surface area contributed by atoms with Crippen LogP contribution < -0.4 is 10.2 Å². The van der Waals surface area contributed by atoms with E-state index in [4.69, 9.17) is 4.52 Å². The maximum absolute atomic E-state index is 14.2. The number of aromatic nitrogens is 1. The second-order valence-electron chi connectivity index (χ2n) is 5.59. The fourth-order valence-electron chi connectivity index (χ4n) is 2.86. The van der Waals surface area contributed by atoms with Crippen LogP contribution in [0.2, 0.25) is 0 Å². The highest BCUT2D eigenvalue weighted by atomic mass is 19.1. The van der Waals surface area contributed by atoms with Crippen LogP contribution in [0.5, 0.6) is 0 Å². The Morgan fingerprint density at radius 3 is 3.00 bits per heavy atom. The van der Waals surface area contributed by atoms with E-state index >= 15 is 0 Å². The third-order valence-electron chi connectivity index (χ3n) is 3.87. The van der Waals surface area contributed by atoms with Gasteiger partial charge in [0.15, 0.2) is 5.82 Å². The second-order valence-corrected chi connectivity index (χ2v) is 5.59. The number of hydrogen-bond acceptors (Lipinski definition) is 4. The average molecular weight is 303 g/mol. The van der Waals surface area contributed by atoms with Crippen molar-refractivity contribution in [3.8, 4) is 0 Å². The van der Waals surface area contributed by atoms with Gasteiger partial charge in [0, 0.05) is 12.6 Å². The van der Waals surface area contributed by atoms with E-state index in [9.17, 15) is 9.18 Å². The third kappa shape index (κ3) is 2.81. The average Bonchev–Trinajstić information content (AvgIpc) is 2.88. The summed E-state index contributed by atoms with van der Waals surface area (Å²) in [7, 11) is 0. The molecule has 0 radical (unpaired) electrons. The number of hydrogen-bond donors (Lipinski definition) is 1. The minimum atomic E-state index is -0.273. The molecule has 3 rings (SSSR count). The van der Waals surface area contributed by atoms with Crippen molar-refractivity contribution in [2.75, 3.05) is 23.3 Å². The largest absolute Gasteiger partial charge is 0.360 e. The number of aryl methyl sites for hydroxylation is 2. The molecular formula is C16H18FN3O2. The van der Waals surface area contributed by atoms with Crippen LogP contribution in [0.3, 0.4) is 0 Å². The summed E-state index contributed by atoms with van der Waals surface area (Å²) in [6.07, 6.45) is 1.76. The van der Waals surface area contributed by atoms with E-state index in [0.29, 0.717) is 23.8 Å². The Balaban J connectivity index is 1.77. The third-order valence-corrected chi connectivity index (χ3v) is 3.87. The van der Waals surface area contributed by atoms with E-state index in [-0.39, 0.29) is 18.3 Å². The summed E-state index contributed by atoms with van der Waals surface area (Å²) in [6.45, 7) is 4.49. The Morgan fingerprint density at radius 2 is 2.27 bits per heavy atom. The number of benzene rings is 1. The van der Waals surface area contributed by atoms with Gasteiger partial charge < -0.3 is 14.7 Å². The van der Waals surface area contributed by atoms with E-state index in [1.807, 2.05) is 6.92 Å². The standard InChI is InChI=1S/C16H18FN3O2/c1-10-5-6-13(17)16-12(10)4-3-7-20(16)9-15(21)18-14-8-11(2)22-19-14/h5-6,8H,3-4,7,9H2,1-2H3,(H,18,19,21). The molecule has 116 valence electrons. The number of nitrogens with one attached hydrogen (secondary N) is 1. The monoisotopic (exact) mass is 303 g/mol. The quantitative estimate of drug-likeness (QED) is 0.947. The van der Waals surface area contributed by atoms with Gasteiger partial charge in [0.05, 0.1) is 12.2 Å². The molecule has 1 aliphatic rings. The molecule has 6 heteroatoms. The Labute approximate surface area is 128 Å². The second kappa shape index (κ2) is 5.79. The number of rotatable bonds is 3. The molecule has 0 fully saturated rings. The molecule has 2 heterocycles. The topological polar surface area (TPSA) is 58.4 Å². The fourth-order valence-corrected chi connectivity index (χ4v) is 2.86. The van der Waals surface area contributed by atoms with Crippen LogP contribution in [0.4, 0.5) is 15.9 Å². The van der Waals surface area contributed by atoms with Crippen LogP contribution >= 0.6 is 0 Å². The SMILES string of the molecule is Cc1cc(NC(=O)CN2CCCc3c(C)ccc(F)c32)no1. The van der Waals surface area contributed by atoms with Gasteiger partial charge in [0.2, 0.25) is 5.91 Å². The Morgan fingerprint density at radius 1 is 1.45 bits per heavy atom. The summed E-state index contributed by atoms with van der Waals surface area (Å²) in [6, 6.07) is 4.90. The van der Waals surface area contributed by atoms with Crippen LogP contribution in [0.1, 0.15) is 23.3 Å². The van der Waals surface area contributed by atoms with E-state index in [1.54, 1.807) is 24.0 Å². The Kier molecular flexibility index (Phi) is 3.83. The van der Waals surface area contributed by atoms with Gasteiger partial charge in [-0.15, -0.1) is 0 Å². The summed E-state index contributed by atoms with van der Waals surface area (Å²) >= 11 is 0. The van der Waals surface area contributed by atoms with Gasteiger partial charge in [0.25, 0.3) is 0 Å². The first-order chi connectivity index (χ1) is 10.5. The molecule has 5 nitrogen and oxygen atoms in total. The van der Waals surface area contributed by atoms with Crippen molar-refractivity contribution in [2.45, 2.75) is 26.7 Å². The van der Waals surface area contributed by atoms with E-state index in [1.165, 1.54) is 6.07 Å². The lowest BCUT2D eigenvalue weighted by Gasteiger charge is -2.31. The molecule has 1 aromatic carbocycles. The number of fused-ring (bicyclic) bond motifs is 1. The van der Waals surface area contributed by atoms with Crippen LogP contribution in [0.15, 0.2) is 22.7 Å². The number of amides is 1. The van der Waals surface area contributed by atoms with Crippen molar-refractivity contribution in [1.29, 1.82) is 0 Å². The molecule has 0 saturated heterocycles. The lowest BCUT2D eigenvalue weighted by Crippen LogP contribution is -2.37. The van der Waals surface area contributed by atoms with Crippen molar-refractivity contribution in [3.63, 3.8) is 0 Å². The minimum Gasteiger partial charge on any atom is -0.360 e. The summed E-state index contributed by atoms with van der Waals surface area (Å²) in [5.74, 6) is 0.497. The zero-order chi connectivity index (χ0) is 15.7. The van der Waals surface area contributed by atoms with Crippen LogP contribution in [-0.4, -0.2) is 24.2 Å². The summed E-state index contributed by atoms with van der Waals surface area (Å²) in [4.78, 5) is 13.9. The molecule has 1 aromatic heterocycles. The smallest absolute Gasteiger partial charge is 0.245 e. The molecule has 0 spiro atoms. The van der Waals surface area contributed by atoms with Gasteiger partial charge in [-0.05, 0) is 43.9 Å². The molecule has 0 unspecified atom stereocenters. The predicted octanol–water partition coefficient (Wildman–Crippen LogP) is 2.82. The lowest BCUT2D eigenvalue weighted by molar-refractivity contribution is -0.115. The minimum absolute atomic E-state index is 0.0965. The summed E-state index contributed by atoms with van der Waals surface area (Å²) < 4.78 is 19.1. The molecule has 1 N–H and O–H groups in total. The molecule has 2 aromatic rings. The predicted molar refractivity (Wildman–Crippen MR) is 81.5 cm³/mol. The first-order valence-electron chi connectivity index (χ1n) is 7.30. The van der Waals surface area contributed by atoms with Gasteiger partial charge in [0.1, 0.15) is 11.6 Å². The first kappa shape index (κ1) is 14.6. The van der Waals surface area contributed by atoms with Crippen molar-refractivity contribution in [1.82, 2.24) is 5.16 Å². The molecule has 0 bridgehead atoms. The van der Waals surface area contributed by atoms with Gasteiger partial charge in [-0.1, -0.05) is 11.2 Å².